The molecule has 8 rings (SSSR count). The molecule has 202 valence electrons. The first-order valence-electron chi connectivity index (χ1n) is 14.0. The Balaban J connectivity index is 1.19. The molecule has 0 amide bonds. The third-order valence-electron chi connectivity index (χ3n) is 7.81. The quantitative estimate of drug-likeness (QED) is 0.219. The lowest BCUT2D eigenvalue weighted by atomic mass is 10.1. The predicted octanol–water partition coefficient (Wildman–Crippen LogP) is 10.6. The molecule has 0 radical (unpaired) electrons. The topological polar surface area (TPSA) is 28.2 Å². The van der Waals surface area contributed by atoms with Crippen molar-refractivity contribution in [3.63, 3.8) is 0 Å². The molecule has 0 aliphatic carbocycles. The molecule has 0 saturated carbocycles. The van der Waals surface area contributed by atoms with E-state index in [4.69, 9.17) is 9.47 Å². The number of nitrogens with zero attached hydrogens (tertiary/aromatic N) is 3. The highest BCUT2D eigenvalue weighted by Crippen LogP contribution is 2.52. The molecule has 0 unspecified atom stereocenters. The van der Waals surface area contributed by atoms with Crippen LogP contribution in [0.25, 0.3) is 0 Å². The standard InChI is InChI=1S/C37H27N3O2/c1-38(26-12-10-14-28(24-26)39-30-16-2-6-20-34(30)41-35-21-7-3-17-31(35)39)27-13-11-15-29(25-27)40-32-18-4-8-22-36(32)42-37-23-9-5-19-33(37)40/h2-25H,1H3. The molecule has 6 aromatic rings. The van der Waals surface area contributed by atoms with Gasteiger partial charge in [0, 0.05) is 29.8 Å². The monoisotopic (exact) mass is 545 g/mol. The van der Waals surface area contributed by atoms with Crippen molar-refractivity contribution in [3.8, 4) is 23.0 Å². The van der Waals surface area contributed by atoms with Crippen LogP contribution < -0.4 is 24.2 Å². The van der Waals surface area contributed by atoms with Gasteiger partial charge in [-0.1, -0.05) is 60.7 Å². The maximum absolute atomic E-state index is 6.23. The van der Waals surface area contributed by atoms with Crippen molar-refractivity contribution in [2.24, 2.45) is 0 Å². The Morgan fingerprint density at radius 2 is 0.738 bits per heavy atom. The van der Waals surface area contributed by atoms with Crippen LogP contribution in [0.1, 0.15) is 0 Å². The summed E-state index contributed by atoms with van der Waals surface area (Å²) in [5.74, 6) is 3.37. The lowest BCUT2D eigenvalue weighted by Crippen LogP contribution is -2.17. The summed E-state index contributed by atoms with van der Waals surface area (Å²) in [6.07, 6.45) is 0. The van der Waals surface area contributed by atoms with Crippen molar-refractivity contribution >= 4 is 45.5 Å². The Bertz CT molecular complexity index is 1720. The Labute approximate surface area is 245 Å². The van der Waals surface area contributed by atoms with Gasteiger partial charge in [0.05, 0.1) is 22.7 Å². The van der Waals surface area contributed by atoms with Gasteiger partial charge in [-0.25, -0.2) is 0 Å². The van der Waals surface area contributed by atoms with Crippen molar-refractivity contribution < 1.29 is 9.47 Å². The van der Waals surface area contributed by atoms with Gasteiger partial charge in [-0.2, -0.15) is 0 Å². The van der Waals surface area contributed by atoms with Gasteiger partial charge in [-0.05, 0) is 84.9 Å². The first-order chi connectivity index (χ1) is 20.7. The summed E-state index contributed by atoms with van der Waals surface area (Å²) in [6, 6.07) is 49.9. The summed E-state index contributed by atoms with van der Waals surface area (Å²) in [5.41, 5.74) is 8.35. The Hall–Kier alpha value is -5.68. The maximum Gasteiger partial charge on any atom is 0.151 e. The second-order valence-electron chi connectivity index (χ2n) is 10.3. The molecule has 5 nitrogen and oxygen atoms in total. The number of fused-ring (bicyclic) bond motifs is 4. The predicted molar refractivity (Wildman–Crippen MR) is 170 cm³/mol. The fourth-order valence-electron chi connectivity index (χ4n) is 5.80. The molecule has 0 N–H and O–H groups in total. The summed E-state index contributed by atoms with van der Waals surface area (Å²) >= 11 is 0. The highest BCUT2D eigenvalue weighted by atomic mass is 16.5. The SMILES string of the molecule is CN(c1cccc(N2c3ccccc3Oc3ccccc32)c1)c1cccc(N2c3ccccc3Oc3ccccc32)c1. The number of para-hydroxylation sites is 8. The normalized spacial score (nSPS) is 12.7. The minimum absolute atomic E-state index is 0.841. The first-order valence-corrected chi connectivity index (χ1v) is 14.0. The van der Waals surface area contributed by atoms with E-state index in [1.807, 2.05) is 72.8 Å². The number of benzene rings is 6. The molecule has 5 heteroatoms. The van der Waals surface area contributed by atoms with Crippen molar-refractivity contribution in [1.29, 1.82) is 0 Å². The minimum Gasteiger partial charge on any atom is -0.453 e. The molecule has 6 aromatic carbocycles. The summed E-state index contributed by atoms with van der Waals surface area (Å²) in [7, 11) is 2.11. The molecule has 2 aliphatic heterocycles. The van der Waals surface area contributed by atoms with E-state index in [9.17, 15) is 0 Å². The summed E-state index contributed by atoms with van der Waals surface area (Å²) in [4.78, 5) is 6.76. The fourth-order valence-corrected chi connectivity index (χ4v) is 5.80. The smallest absolute Gasteiger partial charge is 0.151 e. The number of hydrogen-bond acceptors (Lipinski definition) is 5. The molecule has 0 bridgehead atoms. The molecule has 0 spiro atoms. The summed E-state index contributed by atoms with van der Waals surface area (Å²) in [6.45, 7) is 0. The van der Waals surface area contributed by atoms with Crippen molar-refractivity contribution in [2.45, 2.75) is 0 Å². The fraction of sp³-hybridized carbons (Fsp3) is 0.0270. The van der Waals surface area contributed by atoms with Gasteiger partial charge < -0.3 is 24.2 Å². The van der Waals surface area contributed by atoms with Gasteiger partial charge in [0.2, 0.25) is 0 Å². The van der Waals surface area contributed by atoms with E-state index in [2.05, 4.69) is 94.5 Å². The van der Waals surface area contributed by atoms with Crippen LogP contribution in [0.15, 0.2) is 146 Å². The highest BCUT2D eigenvalue weighted by Gasteiger charge is 2.27. The molecule has 0 saturated heterocycles. The van der Waals surface area contributed by atoms with E-state index in [-0.39, 0.29) is 0 Å². The zero-order valence-corrected chi connectivity index (χ0v) is 23.0. The molecule has 42 heavy (non-hydrogen) atoms. The molecule has 2 aliphatic rings. The zero-order chi connectivity index (χ0) is 28.0. The van der Waals surface area contributed by atoms with Gasteiger partial charge >= 0.3 is 0 Å². The van der Waals surface area contributed by atoms with Crippen molar-refractivity contribution in [1.82, 2.24) is 0 Å². The van der Waals surface area contributed by atoms with E-state index in [0.717, 1.165) is 68.5 Å². The van der Waals surface area contributed by atoms with Crippen LogP contribution in [0.4, 0.5) is 45.5 Å². The van der Waals surface area contributed by atoms with Gasteiger partial charge in [0.25, 0.3) is 0 Å². The van der Waals surface area contributed by atoms with Crippen molar-refractivity contribution in [2.75, 3.05) is 21.7 Å². The van der Waals surface area contributed by atoms with E-state index in [1.54, 1.807) is 0 Å². The number of anilines is 8. The van der Waals surface area contributed by atoms with Gasteiger partial charge in [0.15, 0.2) is 23.0 Å². The molecule has 0 atom stereocenters. The molecule has 0 aromatic heterocycles. The van der Waals surface area contributed by atoms with Crippen LogP contribution in [0, 0.1) is 0 Å². The number of hydrogen-bond donors (Lipinski definition) is 0. The third kappa shape index (κ3) is 3.94. The van der Waals surface area contributed by atoms with Gasteiger partial charge in [-0.15, -0.1) is 0 Å². The molecule has 0 fully saturated rings. The van der Waals surface area contributed by atoms with Crippen LogP contribution in [0.3, 0.4) is 0 Å². The van der Waals surface area contributed by atoms with Crippen LogP contribution in [-0.4, -0.2) is 7.05 Å². The Morgan fingerprint density at radius 1 is 0.405 bits per heavy atom. The minimum atomic E-state index is 0.841. The summed E-state index contributed by atoms with van der Waals surface area (Å²) in [5, 5.41) is 0. The van der Waals surface area contributed by atoms with Gasteiger partial charge in [-0.3, -0.25) is 0 Å². The number of ether oxygens (including phenoxy) is 2. The highest BCUT2D eigenvalue weighted by molar-refractivity contribution is 5.89. The molecular weight excluding hydrogens is 518 g/mol. The van der Waals surface area contributed by atoms with Crippen LogP contribution in [0.5, 0.6) is 23.0 Å². The summed E-state index contributed by atoms with van der Waals surface area (Å²) < 4.78 is 12.5. The lowest BCUT2D eigenvalue weighted by Gasteiger charge is -2.34. The maximum atomic E-state index is 6.23. The average molecular weight is 546 g/mol. The number of rotatable bonds is 4. The molecule has 2 heterocycles. The first kappa shape index (κ1) is 24.1. The third-order valence-corrected chi connectivity index (χ3v) is 7.81. The van der Waals surface area contributed by atoms with E-state index in [0.29, 0.717) is 0 Å². The second kappa shape index (κ2) is 9.75. The van der Waals surface area contributed by atoms with Crippen LogP contribution in [-0.2, 0) is 0 Å². The second-order valence-corrected chi connectivity index (χ2v) is 10.3. The lowest BCUT2D eigenvalue weighted by molar-refractivity contribution is 0.477. The average Bonchev–Trinajstić information content (AvgIpc) is 3.05. The largest absolute Gasteiger partial charge is 0.453 e. The Morgan fingerprint density at radius 3 is 1.10 bits per heavy atom. The Kier molecular flexibility index (Phi) is 5.61. The van der Waals surface area contributed by atoms with E-state index >= 15 is 0 Å². The van der Waals surface area contributed by atoms with E-state index < -0.39 is 0 Å². The van der Waals surface area contributed by atoms with Gasteiger partial charge in [0.1, 0.15) is 0 Å². The van der Waals surface area contributed by atoms with Crippen molar-refractivity contribution in [3.05, 3.63) is 146 Å². The molecular formula is C37H27N3O2. The van der Waals surface area contributed by atoms with Crippen LogP contribution in [0.2, 0.25) is 0 Å². The zero-order valence-electron chi connectivity index (χ0n) is 23.0. The van der Waals surface area contributed by atoms with E-state index in [1.165, 1.54) is 0 Å². The van der Waals surface area contributed by atoms with Crippen LogP contribution >= 0.6 is 0 Å².